The second-order valence-corrected chi connectivity index (χ2v) is 8.87. The Morgan fingerprint density at radius 1 is 1.07 bits per heavy atom. The molecule has 0 aliphatic heterocycles. The lowest BCUT2D eigenvalue weighted by atomic mass is 9.92. The molecule has 0 unspecified atom stereocenters. The van der Waals surface area contributed by atoms with E-state index in [0.29, 0.717) is 11.6 Å². The predicted molar refractivity (Wildman–Crippen MR) is 118 cm³/mol. The third-order valence-corrected chi connectivity index (χ3v) is 5.48. The van der Waals surface area contributed by atoms with Crippen LogP contribution in [0.5, 0.6) is 0 Å². The number of thioether (sulfide) groups is 1. The molecule has 5 heteroatoms. The molecule has 2 aromatic carbocycles. The molecule has 0 aliphatic carbocycles. The number of anilines is 1. The van der Waals surface area contributed by atoms with Gasteiger partial charge in [-0.15, -0.1) is 11.8 Å². The molecule has 0 saturated heterocycles. The van der Waals surface area contributed by atoms with E-state index in [1.54, 1.807) is 11.8 Å². The van der Waals surface area contributed by atoms with Gasteiger partial charge in [0.1, 0.15) is 5.82 Å². The topological polar surface area (TPSA) is 46.9 Å². The zero-order valence-corrected chi connectivity index (χ0v) is 17.7. The summed E-state index contributed by atoms with van der Waals surface area (Å²) in [6.45, 7) is 8.46. The highest BCUT2D eigenvalue weighted by molar-refractivity contribution is 7.99. The smallest absolute Gasteiger partial charge is 0.235 e. The van der Waals surface area contributed by atoms with Gasteiger partial charge in [-0.25, -0.2) is 4.68 Å². The number of aryl methyl sites for hydroxylation is 1. The van der Waals surface area contributed by atoms with Gasteiger partial charge in [-0.3, -0.25) is 4.79 Å². The maximum Gasteiger partial charge on any atom is 0.235 e. The molecule has 1 N–H and O–H groups in total. The SMILES string of the molecule is Cc1ccccc1CSCC(=O)Nc1cc(C(C)(C)C)nn1-c1ccccc1. The van der Waals surface area contributed by atoms with Gasteiger partial charge in [0.25, 0.3) is 0 Å². The number of aromatic nitrogens is 2. The fraction of sp³-hybridized carbons (Fsp3) is 0.304. The molecule has 3 aromatic rings. The number of carbonyl (C=O) groups excluding carboxylic acids is 1. The highest BCUT2D eigenvalue weighted by Crippen LogP contribution is 2.26. The molecule has 146 valence electrons. The van der Waals surface area contributed by atoms with E-state index in [0.717, 1.165) is 17.1 Å². The van der Waals surface area contributed by atoms with E-state index in [1.165, 1.54) is 11.1 Å². The van der Waals surface area contributed by atoms with E-state index in [9.17, 15) is 4.79 Å². The van der Waals surface area contributed by atoms with Gasteiger partial charge in [-0.1, -0.05) is 63.2 Å². The first-order valence-corrected chi connectivity index (χ1v) is 10.6. The molecule has 28 heavy (non-hydrogen) atoms. The van der Waals surface area contributed by atoms with Crippen LogP contribution in [0, 0.1) is 6.92 Å². The van der Waals surface area contributed by atoms with Crippen LogP contribution in [-0.2, 0) is 16.0 Å². The van der Waals surface area contributed by atoms with Crippen LogP contribution in [-0.4, -0.2) is 21.4 Å². The second-order valence-electron chi connectivity index (χ2n) is 7.88. The summed E-state index contributed by atoms with van der Waals surface area (Å²) in [5.41, 5.74) is 4.30. The van der Waals surface area contributed by atoms with Gasteiger partial charge >= 0.3 is 0 Å². The Morgan fingerprint density at radius 2 is 1.75 bits per heavy atom. The molecule has 0 spiro atoms. The molecule has 0 atom stereocenters. The molecule has 0 fully saturated rings. The van der Waals surface area contributed by atoms with Crippen molar-refractivity contribution in [2.75, 3.05) is 11.1 Å². The van der Waals surface area contributed by atoms with Crippen molar-refractivity contribution in [2.45, 2.75) is 38.9 Å². The van der Waals surface area contributed by atoms with Crippen molar-refractivity contribution in [3.05, 3.63) is 77.5 Å². The van der Waals surface area contributed by atoms with Crippen molar-refractivity contribution in [1.82, 2.24) is 9.78 Å². The highest BCUT2D eigenvalue weighted by Gasteiger charge is 2.21. The minimum absolute atomic E-state index is 0.0175. The Balaban J connectivity index is 1.71. The normalized spacial score (nSPS) is 11.4. The number of nitrogens with one attached hydrogen (secondary N) is 1. The van der Waals surface area contributed by atoms with Gasteiger partial charge in [0.05, 0.1) is 17.1 Å². The summed E-state index contributed by atoms with van der Waals surface area (Å²) in [6.07, 6.45) is 0. The molecule has 0 bridgehead atoms. The number of benzene rings is 2. The van der Waals surface area contributed by atoms with Crippen molar-refractivity contribution in [3.8, 4) is 5.69 Å². The molecule has 4 nitrogen and oxygen atoms in total. The minimum Gasteiger partial charge on any atom is -0.310 e. The van der Waals surface area contributed by atoms with Gasteiger partial charge in [-0.05, 0) is 30.2 Å². The number of carbonyl (C=O) groups is 1. The van der Waals surface area contributed by atoms with E-state index >= 15 is 0 Å². The number of rotatable bonds is 6. The molecular formula is C23H27N3OS. The number of hydrogen-bond donors (Lipinski definition) is 1. The zero-order valence-electron chi connectivity index (χ0n) is 16.9. The van der Waals surface area contributed by atoms with Crippen LogP contribution in [0.3, 0.4) is 0 Å². The first kappa shape index (κ1) is 20.2. The summed E-state index contributed by atoms with van der Waals surface area (Å²) < 4.78 is 1.81. The standard InChI is InChI=1S/C23H27N3OS/c1-17-10-8-9-11-18(17)15-28-16-22(27)24-21-14-20(23(2,3)4)25-26(21)19-12-6-5-7-13-19/h5-14H,15-16H2,1-4H3,(H,24,27). The second kappa shape index (κ2) is 8.65. The van der Waals surface area contributed by atoms with Crippen LogP contribution < -0.4 is 5.32 Å². The molecule has 0 saturated carbocycles. The Hall–Kier alpha value is -2.53. The third-order valence-electron chi connectivity index (χ3n) is 4.50. The quantitative estimate of drug-likeness (QED) is 0.614. The summed E-state index contributed by atoms with van der Waals surface area (Å²) >= 11 is 1.62. The minimum atomic E-state index is -0.0981. The van der Waals surface area contributed by atoms with Crippen LogP contribution in [0.25, 0.3) is 5.69 Å². The Kier molecular flexibility index (Phi) is 6.25. The lowest BCUT2D eigenvalue weighted by Crippen LogP contribution is -2.17. The fourth-order valence-electron chi connectivity index (χ4n) is 2.81. The number of nitrogens with zero attached hydrogens (tertiary/aromatic N) is 2. The van der Waals surface area contributed by atoms with Crippen molar-refractivity contribution in [3.63, 3.8) is 0 Å². The first-order valence-electron chi connectivity index (χ1n) is 9.42. The van der Waals surface area contributed by atoms with Crippen LogP contribution in [0.4, 0.5) is 5.82 Å². The largest absolute Gasteiger partial charge is 0.310 e. The molecular weight excluding hydrogens is 366 g/mol. The summed E-state index contributed by atoms with van der Waals surface area (Å²) in [5.74, 6) is 1.92. The van der Waals surface area contributed by atoms with Crippen molar-refractivity contribution < 1.29 is 4.79 Å². The third kappa shape index (κ3) is 5.04. The van der Waals surface area contributed by atoms with E-state index in [-0.39, 0.29) is 11.3 Å². The van der Waals surface area contributed by atoms with Crippen molar-refractivity contribution in [1.29, 1.82) is 0 Å². The van der Waals surface area contributed by atoms with Crippen molar-refractivity contribution >= 4 is 23.5 Å². The number of hydrogen-bond acceptors (Lipinski definition) is 3. The molecule has 3 rings (SSSR count). The van der Waals surface area contributed by atoms with Gasteiger partial charge in [0.2, 0.25) is 5.91 Å². The summed E-state index contributed by atoms with van der Waals surface area (Å²) in [7, 11) is 0. The maximum absolute atomic E-state index is 12.6. The lowest BCUT2D eigenvalue weighted by Gasteiger charge is -2.14. The fourth-order valence-corrected chi connectivity index (χ4v) is 3.71. The van der Waals surface area contributed by atoms with Crippen LogP contribution in [0.2, 0.25) is 0 Å². The predicted octanol–water partition coefficient (Wildman–Crippen LogP) is 5.35. The number of para-hydroxylation sites is 1. The van der Waals surface area contributed by atoms with Gasteiger partial charge in [0, 0.05) is 17.2 Å². The lowest BCUT2D eigenvalue weighted by molar-refractivity contribution is -0.113. The van der Waals surface area contributed by atoms with E-state index in [1.807, 2.05) is 53.2 Å². The molecule has 1 aromatic heterocycles. The van der Waals surface area contributed by atoms with Gasteiger partial charge in [-0.2, -0.15) is 5.10 Å². The van der Waals surface area contributed by atoms with Crippen LogP contribution in [0.15, 0.2) is 60.7 Å². The Bertz CT molecular complexity index is 942. The van der Waals surface area contributed by atoms with Gasteiger partial charge in [0.15, 0.2) is 0 Å². The van der Waals surface area contributed by atoms with Crippen molar-refractivity contribution in [2.24, 2.45) is 0 Å². The first-order chi connectivity index (χ1) is 13.3. The maximum atomic E-state index is 12.6. The van der Waals surface area contributed by atoms with E-state index in [4.69, 9.17) is 5.10 Å². The molecule has 1 amide bonds. The van der Waals surface area contributed by atoms with E-state index in [2.05, 4.69) is 45.1 Å². The molecule has 0 aliphatic rings. The summed E-state index contributed by atoms with van der Waals surface area (Å²) in [4.78, 5) is 12.6. The van der Waals surface area contributed by atoms with E-state index < -0.39 is 0 Å². The van der Waals surface area contributed by atoms with Crippen LogP contribution >= 0.6 is 11.8 Å². The average Bonchev–Trinajstić information content (AvgIpc) is 3.08. The Labute approximate surface area is 171 Å². The molecule has 0 radical (unpaired) electrons. The monoisotopic (exact) mass is 393 g/mol. The Morgan fingerprint density at radius 3 is 2.43 bits per heavy atom. The summed E-state index contributed by atoms with van der Waals surface area (Å²) in [5, 5.41) is 7.78. The van der Waals surface area contributed by atoms with Gasteiger partial charge < -0.3 is 5.32 Å². The number of amides is 1. The average molecular weight is 394 g/mol. The zero-order chi connectivity index (χ0) is 20.1. The van der Waals surface area contributed by atoms with Crippen LogP contribution in [0.1, 0.15) is 37.6 Å². The molecule has 1 heterocycles. The summed E-state index contributed by atoms with van der Waals surface area (Å²) in [6, 6.07) is 20.1. The highest BCUT2D eigenvalue weighted by atomic mass is 32.2.